The Kier molecular flexibility index (Phi) is 3.16. The molecule has 1 rings (SSSR count). The highest BCUT2D eigenvalue weighted by atomic mass is 16.5. The minimum Gasteiger partial charge on any atom is -0.390 e. The highest BCUT2D eigenvalue weighted by Crippen LogP contribution is 2.20. The van der Waals surface area contributed by atoms with E-state index in [1.165, 1.54) is 6.42 Å². The second-order valence-electron chi connectivity index (χ2n) is 2.85. The van der Waals surface area contributed by atoms with Gasteiger partial charge in [-0.2, -0.15) is 0 Å². The van der Waals surface area contributed by atoms with Gasteiger partial charge >= 0.3 is 0 Å². The van der Waals surface area contributed by atoms with Crippen molar-refractivity contribution < 1.29 is 9.84 Å². The van der Waals surface area contributed by atoms with E-state index < -0.39 is 0 Å². The average molecular weight is 144 g/mol. The molecule has 0 saturated heterocycles. The first-order chi connectivity index (χ1) is 4.84. The molecule has 0 aromatic rings. The Hall–Kier alpha value is -0.0800. The molecule has 1 N–H and O–H groups in total. The Balaban J connectivity index is 2.25. The van der Waals surface area contributed by atoms with E-state index in [0.717, 1.165) is 25.9 Å². The molecule has 0 aliphatic heterocycles. The van der Waals surface area contributed by atoms with E-state index in [9.17, 15) is 5.11 Å². The smallest absolute Gasteiger partial charge is 0.0833 e. The third-order valence-corrected chi connectivity index (χ3v) is 2.05. The van der Waals surface area contributed by atoms with Gasteiger partial charge in [0.25, 0.3) is 0 Å². The summed E-state index contributed by atoms with van der Waals surface area (Å²) in [6, 6.07) is 0. The third-order valence-electron chi connectivity index (χ3n) is 2.05. The summed E-state index contributed by atoms with van der Waals surface area (Å²) in [6.07, 6.45) is 4.25. The van der Waals surface area contributed by atoms with E-state index in [0.29, 0.717) is 0 Å². The molecular formula is C8H16O2. The van der Waals surface area contributed by atoms with Gasteiger partial charge in [0, 0.05) is 6.61 Å². The van der Waals surface area contributed by atoms with Crippen molar-refractivity contribution in [1.29, 1.82) is 0 Å². The Morgan fingerprint density at radius 1 is 1.40 bits per heavy atom. The molecule has 10 heavy (non-hydrogen) atoms. The lowest BCUT2D eigenvalue weighted by Crippen LogP contribution is -2.32. The normalized spacial score (nSPS) is 34.2. The van der Waals surface area contributed by atoms with Gasteiger partial charge in [-0.05, 0) is 19.8 Å². The number of rotatable bonds is 2. The molecule has 0 aromatic heterocycles. The Morgan fingerprint density at radius 3 is 2.70 bits per heavy atom. The number of aliphatic hydroxyl groups is 1. The maximum Gasteiger partial charge on any atom is 0.0833 e. The van der Waals surface area contributed by atoms with Gasteiger partial charge in [0.15, 0.2) is 0 Å². The van der Waals surface area contributed by atoms with E-state index >= 15 is 0 Å². The van der Waals surface area contributed by atoms with Gasteiger partial charge in [0.2, 0.25) is 0 Å². The standard InChI is InChI=1S/C8H16O2/c1-2-10-8-6-4-3-5-7(8)9/h7-9H,2-6H2,1H3/t7-,8+/m0/s1. The van der Waals surface area contributed by atoms with Crippen LogP contribution in [0.5, 0.6) is 0 Å². The molecule has 0 radical (unpaired) electrons. The Morgan fingerprint density at radius 2 is 2.10 bits per heavy atom. The maximum atomic E-state index is 9.38. The molecule has 0 heterocycles. The lowest BCUT2D eigenvalue weighted by atomic mass is 9.95. The van der Waals surface area contributed by atoms with Crippen LogP contribution in [-0.2, 0) is 4.74 Å². The van der Waals surface area contributed by atoms with Crippen molar-refractivity contribution in [1.82, 2.24) is 0 Å². The number of hydrogen-bond donors (Lipinski definition) is 1. The van der Waals surface area contributed by atoms with Crippen molar-refractivity contribution >= 4 is 0 Å². The first kappa shape index (κ1) is 8.02. The molecule has 60 valence electrons. The van der Waals surface area contributed by atoms with Gasteiger partial charge in [-0.1, -0.05) is 12.8 Å². The van der Waals surface area contributed by atoms with E-state index in [2.05, 4.69) is 0 Å². The van der Waals surface area contributed by atoms with Crippen molar-refractivity contribution in [3.05, 3.63) is 0 Å². The van der Waals surface area contributed by atoms with Crippen LogP contribution < -0.4 is 0 Å². The summed E-state index contributed by atoms with van der Waals surface area (Å²) in [7, 11) is 0. The van der Waals surface area contributed by atoms with E-state index in [1.54, 1.807) is 0 Å². The molecule has 1 fully saturated rings. The van der Waals surface area contributed by atoms with Crippen LogP contribution in [0.15, 0.2) is 0 Å². The van der Waals surface area contributed by atoms with Crippen LogP contribution in [-0.4, -0.2) is 23.9 Å². The van der Waals surface area contributed by atoms with Crippen molar-refractivity contribution in [3.63, 3.8) is 0 Å². The van der Waals surface area contributed by atoms with Crippen LogP contribution in [0.25, 0.3) is 0 Å². The van der Waals surface area contributed by atoms with E-state index in [4.69, 9.17) is 4.74 Å². The number of ether oxygens (including phenoxy) is 1. The zero-order valence-corrected chi connectivity index (χ0v) is 6.55. The Labute approximate surface area is 62.2 Å². The summed E-state index contributed by atoms with van der Waals surface area (Å²) in [5, 5.41) is 9.38. The van der Waals surface area contributed by atoms with Gasteiger partial charge < -0.3 is 9.84 Å². The lowest BCUT2D eigenvalue weighted by molar-refractivity contribution is -0.0542. The van der Waals surface area contributed by atoms with E-state index in [1.807, 2.05) is 6.92 Å². The van der Waals surface area contributed by atoms with Crippen molar-refractivity contribution in [2.24, 2.45) is 0 Å². The predicted molar refractivity (Wildman–Crippen MR) is 39.9 cm³/mol. The first-order valence-electron chi connectivity index (χ1n) is 4.14. The van der Waals surface area contributed by atoms with Crippen LogP contribution in [0.3, 0.4) is 0 Å². The molecule has 2 heteroatoms. The summed E-state index contributed by atoms with van der Waals surface area (Å²) in [5.41, 5.74) is 0. The highest BCUT2D eigenvalue weighted by Gasteiger charge is 2.22. The average Bonchev–Trinajstić information content (AvgIpc) is 1.94. The maximum absolute atomic E-state index is 9.38. The summed E-state index contributed by atoms with van der Waals surface area (Å²) in [4.78, 5) is 0. The summed E-state index contributed by atoms with van der Waals surface area (Å²) in [5.74, 6) is 0. The topological polar surface area (TPSA) is 29.5 Å². The van der Waals surface area contributed by atoms with Crippen LogP contribution >= 0.6 is 0 Å². The van der Waals surface area contributed by atoms with E-state index in [-0.39, 0.29) is 12.2 Å². The lowest BCUT2D eigenvalue weighted by Gasteiger charge is -2.26. The van der Waals surface area contributed by atoms with Gasteiger partial charge in [-0.3, -0.25) is 0 Å². The molecule has 2 atom stereocenters. The van der Waals surface area contributed by atoms with Crippen molar-refractivity contribution in [3.8, 4) is 0 Å². The quantitative estimate of drug-likeness (QED) is 0.633. The zero-order valence-electron chi connectivity index (χ0n) is 6.55. The molecule has 1 aliphatic rings. The fourth-order valence-electron chi connectivity index (χ4n) is 1.49. The first-order valence-corrected chi connectivity index (χ1v) is 4.14. The van der Waals surface area contributed by atoms with Crippen LogP contribution in [0.1, 0.15) is 32.6 Å². The second-order valence-corrected chi connectivity index (χ2v) is 2.85. The highest BCUT2D eigenvalue weighted by molar-refractivity contribution is 4.74. The molecule has 2 nitrogen and oxygen atoms in total. The third kappa shape index (κ3) is 1.96. The van der Waals surface area contributed by atoms with Crippen molar-refractivity contribution in [2.45, 2.75) is 44.8 Å². The molecule has 0 aromatic carbocycles. The van der Waals surface area contributed by atoms with Crippen molar-refractivity contribution in [2.75, 3.05) is 6.61 Å². The molecular weight excluding hydrogens is 128 g/mol. The molecule has 1 aliphatic carbocycles. The monoisotopic (exact) mass is 144 g/mol. The molecule has 1 saturated carbocycles. The fourth-order valence-corrected chi connectivity index (χ4v) is 1.49. The zero-order chi connectivity index (χ0) is 7.40. The molecule has 0 bridgehead atoms. The fraction of sp³-hybridized carbons (Fsp3) is 1.00. The van der Waals surface area contributed by atoms with Crippen LogP contribution in [0.2, 0.25) is 0 Å². The van der Waals surface area contributed by atoms with Crippen LogP contribution in [0.4, 0.5) is 0 Å². The summed E-state index contributed by atoms with van der Waals surface area (Å²) in [6.45, 7) is 2.70. The van der Waals surface area contributed by atoms with Crippen LogP contribution in [0, 0.1) is 0 Å². The van der Waals surface area contributed by atoms with Gasteiger partial charge in [-0.25, -0.2) is 0 Å². The number of aliphatic hydroxyl groups excluding tert-OH is 1. The predicted octanol–water partition coefficient (Wildman–Crippen LogP) is 1.33. The SMILES string of the molecule is CCO[C@@H]1CCCC[C@@H]1O. The largest absolute Gasteiger partial charge is 0.390 e. The molecule has 0 spiro atoms. The second kappa shape index (κ2) is 3.94. The minimum absolute atomic E-state index is 0.124. The van der Waals surface area contributed by atoms with Gasteiger partial charge in [0.05, 0.1) is 12.2 Å². The summed E-state index contributed by atoms with van der Waals surface area (Å²) >= 11 is 0. The Bertz CT molecular complexity index is 91.3. The number of hydrogen-bond acceptors (Lipinski definition) is 2. The summed E-state index contributed by atoms with van der Waals surface area (Å²) < 4.78 is 5.35. The molecule has 0 amide bonds. The minimum atomic E-state index is -0.200. The van der Waals surface area contributed by atoms with Gasteiger partial charge in [0.1, 0.15) is 0 Å². The van der Waals surface area contributed by atoms with Gasteiger partial charge in [-0.15, -0.1) is 0 Å². The molecule has 0 unspecified atom stereocenters.